The van der Waals surface area contributed by atoms with Crippen molar-refractivity contribution in [2.45, 2.75) is 6.61 Å². The Labute approximate surface area is 192 Å². The molecule has 3 aromatic carbocycles. The Morgan fingerprint density at radius 2 is 1.81 bits per heavy atom. The zero-order valence-corrected chi connectivity index (χ0v) is 18.1. The van der Waals surface area contributed by atoms with Gasteiger partial charge in [0.2, 0.25) is 0 Å². The quantitative estimate of drug-likeness (QED) is 0.200. The number of ether oxygens (including phenoxy) is 1. The second-order valence-corrected chi connectivity index (χ2v) is 8.39. The smallest absolute Gasteiger partial charge is 0.270 e. The van der Waals surface area contributed by atoms with Gasteiger partial charge in [0.15, 0.2) is 4.32 Å². The van der Waals surface area contributed by atoms with Crippen LogP contribution in [-0.4, -0.2) is 15.2 Å². The van der Waals surface area contributed by atoms with Crippen molar-refractivity contribution in [3.8, 4) is 5.75 Å². The lowest BCUT2D eigenvalue weighted by atomic mass is 10.1. The van der Waals surface area contributed by atoms with Gasteiger partial charge in [-0.25, -0.2) is 4.39 Å². The Bertz CT molecular complexity index is 1250. The fourth-order valence-electron chi connectivity index (χ4n) is 3.07. The molecule has 1 fully saturated rings. The Morgan fingerprint density at radius 1 is 1.09 bits per heavy atom. The van der Waals surface area contributed by atoms with E-state index in [9.17, 15) is 19.3 Å². The number of nitro benzene ring substituents is 1. The van der Waals surface area contributed by atoms with Gasteiger partial charge in [-0.05, 0) is 30.3 Å². The van der Waals surface area contributed by atoms with Crippen molar-refractivity contribution in [3.05, 3.63) is 105 Å². The number of amides is 1. The molecular formula is C23H15FN2O4S2. The molecule has 9 heteroatoms. The fourth-order valence-corrected chi connectivity index (χ4v) is 4.36. The molecule has 0 aliphatic carbocycles. The van der Waals surface area contributed by atoms with Crippen LogP contribution in [0.1, 0.15) is 11.1 Å². The van der Waals surface area contributed by atoms with Gasteiger partial charge in [-0.15, -0.1) is 0 Å². The number of nitro groups is 1. The van der Waals surface area contributed by atoms with Gasteiger partial charge >= 0.3 is 0 Å². The van der Waals surface area contributed by atoms with Crippen LogP contribution in [0.3, 0.4) is 0 Å². The van der Waals surface area contributed by atoms with E-state index in [-0.39, 0.29) is 24.0 Å². The summed E-state index contributed by atoms with van der Waals surface area (Å²) >= 11 is 6.46. The number of hydrogen-bond acceptors (Lipinski definition) is 6. The number of hydrogen-bond donors (Lipinski definition) is 0. The van der Waals surface area contributed by atoms with Crippen LogP contribution in [0.25, 0.3) is 6.08 Å². The van der Waals surface area contributed by atoms with E-state index in [1.165, 1.54) is 35.2 Å². The predicted octanol–water partition coefficient (Wildman–Crippen LogP) is 5.72. The topological polar surface area (TPSA) is 72.7 Å². The third-order valence-electron chi connectivity index (χ3n) is 4.64. The molecule has 0 spiro atoms. The summed E-state index contributed by atoms with van der Waals surface area (Å²) in [6, 6.07) is 19.2. The van der Waals surface area contributed by atoms with Crippen LogP contribution in [0.2, 0.25) is 0 Å². The summed E-state index contributed by atoms with van der Waals surface area (Å²) in [6.07, 6.45) is 1.51. The molecule has 3 aromatic rings. The average Bonchev–Trinajstić information content (AvgIpc) is 3.07. The number of thiocarbonyl (C=S) groups is 1. The molecule has 0 N–H and O–H groups in total. The third-order valence-corrected chi connectivity index (χ3v) is 5.94. The molecule has 32 heavy (non-hydrogen) atoms. The summed E-state index contributed by atoms with van der Waals surface area (Å²) in [7, 11) is 0. The first-order chi connectivity index (χ1) is 15.4. The molecular weight excluding hydrogens is 451 g/mol. The van der Waals surface area contributed by atoms with Gasteiger partial charge in [-0.1, -0.05) is 60.4 Å². The zero-order valence-electron chi connectivity index (χ0n) is 16.4. The van der Waals surface area contributed by atoms with Gasteiger partial charge in [0.1, 0.15) is 18.2 Å². The lowest BCUT2D eigenvalue weighted by Gasteiger charge is -2.14. The first kappa shape index (κ1) is 21.7. The van der Waals surface area contributed by atoms with E-state index in [1.54, 1.807) is 42.5 Å². The minimum absolute atomic E-state index is 0.0731. The van der Waals surface area contributed by atoms with Crippen LogP contribution in [0, 0.1) is 15.9 Å². The number of nitrogens with zero attached hydrogens (tertiary/aromatic N) is 2. The fraction of sp³-hybridized carbons (Fsp3) is 0.0435. The number of anilines is 1. The molecule has 6 nitrogen and oxygen atoms in total. The first-order valence-corrected chi connectivity index (χ1v) is 10.6. The molecule has 0 aromatic heterocycles. The molecule has 1 heterocycles. The van der Waals surface area contributed by atoms with Crippen molar-refractivity contribution in [1.29, 1.82) is 0 Å². The maximum absolute atomic E-state index is 13.9. The number of benzene rings is 3. The number of para-hydroxylation sites is 1. The highest BCUT2D eigenvalue weighted by Gasteiger charge is 2.33. The average molecular weight is 467 g/mol. The highest BCUT2D eigenvalue weighted by molar-refractivity contribution is 8.27. The molecule has 0 bridgehead atoms. The van der Waals surface area contributed by atoms with Crippen LogP contribution < -0.4 is 9.64 Å². The maximum atomic E-state index is 13.9. The minimum Gasteiger partial charge on any atom is -0.488 e. The summed E-state index contributed by atoms with van der Waals surface area (Å²) in [5.74, 6) is -0.471. The molecule has 0 unspecified atom stereocenters. The van der Waals surface area contributed by atoms with Crippen LogP contribution >= 0.6 is 24.0 Å². The SMILES string of the molecule is O=C1/C(=C/c2cc([N+](=O)[O-])ccc2OCc2ccccc2F)SC(=S)N1c1ccccc1. The Kier molecular flexibility index (Phi) is 6.29. The second-order valence-electron chi connectivity index (χ2n) is 6.71. The minimum atomic E-state index is -0.535. The lowest BCUT2D eigenvalue weighted by molar-refractivity contribution is -0.384. The van der Waals surface area contributed by atoms with Gasteiger partial charge in [0.25, 0.3) is 11.6 Å². The largest absolute Gasteiger partial charge is 0.488 e. The number of non-ortho nitro benzene ring substituents is 1. The van der Waals surface area contributed by atoms with E-state index < -0.39 is 10.7 Å². The molecule has 160 valence electrons. The molecule has 0 atom stereocenters. The highest BCUT2D eigenvalue weighted by Crippen LogP contribution is 2.37. The Hall–Kier alpha value is -3.56. The Balaban J connectivity index is 1.67. The molecule has 0 saturated carbocycles. The normalized spacial score (nSPS) is 14.8. The number of halogens is 1. The summed E-state index contributed by atoms with van der Waals surface area (Å²) in [5.41, 5.74) is 1.14. The van der Waals surface area contributed by atoms with Gasteiger partial charge < -0.3 is 4.74 Å². The molecule has 4 rings (SSSR count). The van der Waals surface area contributed by atoms with Crippen molar-refractivity contribution in [2.24, 2.45) is 0 Å². The van der Waals surface area contributed by atoms with Crippen LogP contribution in [0.4, 0.5) is 15.8 Å². The molecule has 1 aliphatic heterocycles. The monoisotopic (exact) mass is 466 g/mol. The van der Waals surface area contributed by atoms with Gasteiger partial charge in [0.05, 0.1) is 15.5 Å². The molecule has 1 saturated heterocycles. The van der Waals surface area contributed by atoms with Crippen LogP contribution in [-0.2, 0) is 11.4 Å². The predicted molar refractivity (Wildman–Crippen MR) is 126 cm³/mol. The number of thioether (sulfide) groups is 1. The van der Waals surface area contributed by atoms with Crippen molar-refractivity contribution in [3.63, 3.8) is 0 Å². The highest BCUT2D eigenvalue weighted by atomic mass is 32.2. The molecule has 0 radical (unpaired) electrons. The van der Waals surface area contributed by atoms with Crippen LogP contribution in [0.5, 0.6) is 5.75 Å². The van der Waals surface area contributed by atoms with Crippen molar-refractivity contribution in [1.82, 2.24) is 0 Å². The number of carbonyl (C=O) groups excluding carboxylic acids is 1. The second kappa shape index (κ2) is 9.29. The first-order valence-electron chi connectivity index (χ1n) is 9.41. The van der Waals surface area contributed by atoms with E-state index in [2.05, 4.69) is 0 Å². The van der Waals surface area contributed by atoms with E-state index >= 15 is 0 Å². The molecule has 1 aliphatic rings. The van der Waals surface area contributed by atoms with E-state index in [0.29, 0.717) is 26.0 Å². The number of rotatable bonds is 6. The standard InChI is InChI=1S/C23H15FN2O4S2/c24-19-9-5-4-6-15(19)14-30-20-11-10-18(26(28)29)12-16(20)13-21-22(27)25(23(31)32-21)17-7-2-1-3-8-17/h1-13H,14H2/b21-13-. The van der Waals surface area contributed by atoms with Gasteiger partial charge in [0, 0.05) is 23.3 Å². The summed E-state index contributed by atoms with van der Waals surface area (Å²) in [5, 5.41) is 11.3. The maximum Gasteiger partial charge on any atom is 0.270 e. The lowest BCUT2D eigenvalue weighted by Crippen LogP contribution is -2.27. The number of carbonyl (C=O) groups is 1. The van der Waals surface area contributed by atoms with Crippen molar-refractivity contribution < 1.29 is 18.8 Å². The van der Waals surface area contributed by atoms with E-state index in [0.717, 1.165) is 11.8 Å². The van der Waals surface area contributed by atoms with Gasteiger partial charge in [-0.3, -0.25) is 19.8 Å². The summed E-state index contributed by atoms with van der Waals surface area (Å²) < 4.78 is 20.0. The van der Waals surface area contributed by atoms with E-state index in [4.69, 9.17) is 17.0 Å². The van der Waals surface area contributed by atoms with Gasteiger partial charge in [-0.2, -0.15) is 0 Å². The van der Waals surface area contributed by atoms with Crippen molar-refractivity contribution in [2.75, 3.05) is 4.90 Å². The molecule has 1 amide bonds. The third kappa shape index (κ3) is 4.53. The van der Waals surface area contributed by atoms with Crippen LogP contribution in [0.15, 0.2) is 77.7 Å². The summed E-state index contributed by atoms with van der Waals surface area (Å²) in [4.78, 5) is 25.4. The Morgan fingerprint density at radius 3 is 2.53 bits per heavy atom. The zero-order chi connectivity index (χ0) is 22.7. The summed E-state index contributed by atoms with van der Waals surface area (Å²) in [6.45, 7) is -0.0731. The van der Waals surface area contributed by atoms with E-state index in [1.807, 2.05) is 6.07 Å². The van der Waals surface area contributed by atoms with Crippen molar-refractivity contribution >= 4 is 51.7 Å².